The van der Waals surface area contributed by atoms with Crippen LogP contribution in [0.15, 0.2) is 59.5 Å². The Labute approximate surface area is 191 Å². The molecule has 2 aromatic rings. The number of amides is 1. The molecular formula is C23H26F3N3O3S. The molecule has 10 heteroatoms. The van der Waals surface area contributed by atoms with Gasteiger partial charge in [-0.25, -0.2) is 8.42 Å². The number of alkyl halides is 3. The van der Waals surface area contributed by atoms with E-state index in [0.717, 1.165) is 30.5 Å². The molecule has 2 aliphatic rings. The number of rotatable bonds is 7. The molecule has 2 fully saturated rings. The largest absolute Gasteiger partial charge is 0.416 e. The minimum Gasteiger partial charge on any atom is -0.368 e. The van der Waals surface area contributed by atoms with Gasteiger partial charge in [-0.1, -0.05) is 36.4 Å². The van der Waals surface area contributed by atoms with Gasteiger partial charge in [-0.2, -0.15) is 17.5 Å². The van der Waals surface area contributed by atoms with Crippen LogP contribution in [0.25, 0.3) is 0 Å². The molecule has 178 valence electrons. The monoisotopic (exact) mass is 481 g/mol. The Bertz CT molecular complexity index is 1110. The average molecular weight is 482 g/mol. The summed E-state index contributed by atoms with van der Waals surface area (Å²) in [6, 6.07) is 12.6. The predicted molar refractivity (Wildman–Crippen MR) is 116 cm³/mol. The fraction of sp³-hybridized carbons (Fsp3) is 0.435. The third-order valence-electron chi connectivity index (χ3n) is 6.66. The van der Waals surface area contributed by atoms with Gasteiger partial charge in [0.25, 0.3) is 0 Å². The molecule has 1 saturated heterocycles. The van der Waals surface area contributed by atoms with E-state index in [2.05, 4.69) is 5.32 Å². The van der Waals surface area contributed by atoms with Crippen molar-refractivity contribution in [2.24, 2.45) is 17.6 Å². The van der Waals surface area contributed by atoms with E-state index in [1.165, 1.54) is 10.4 Å². The van der Waals surface area contributed by atoms with Gasteiger partial charge in [0, 0.05) is 19.1 Å². The molecule has 0 bridgehead atoms. The Morgan fingerprint density at radius 1 is 1.09 bits per heavy atom. The lowest BCUT2D eigenvalue weighted by atomic mass is 9.96. The first-order valence-electron chi connectivity index (χ1n) is 10.8. The van der Waals surface area contributed by atoms with Crippen molar-refractivity contribution < 1.29 is 26.4 Å². The topological polar surface area (TPSA) is 92.5 Å². The Balaban J connectivity index is 1.47. The SMILES string of the molecule is NC(=O)[C@H](Cc1ccccc1)N[C@H]1CC[C@@H]2CN(S(=O)(=O)c3cccc(C(F)(F)F)c3)C[C@@H]21. The first-order valence-corrected chi connectivity index (χ1v) is 12.3. The molecule has 2 aromatic carbocycles. The summed E-state index contributed by atoms with van der Waals surface area (Å²) in [5, 5.41) is 3.33. The fourth-order valence-electron chi connectivity index (χ4n) is 4.96. The molecule has 1 amide bonds. The molecule has 0 spiro atoms. The molecule has 0 radical (unpaired) electrons. The van der Waals surface area contributed by atoms with Crippen LogP contribution in [-0.4, -0.2) is 43.8 Å². The van der Waals surface area contributed by atoms with Crippen molar-refractivity contribution in [3.8, 4) is 0 Å². The molecule has 6 nitrogen and oxygen atoms in total. The minimum absolute atomic E-state index is 0.0387. The maximum absolute atomic E-state index is 13.1. The molecule has 1 heterocycles. The Hall–Kier alpha value is -2.43. The summed E-state index contributed by atoms with van der Waals surface area (Å²) in [5.74, 6) is -0.440. The maximum Gasteiger partial charge on any atom is 0.416 e. The smallest absolute Gasteiger partial charge is 0.368 e. The Morgan fingerprint density at radius 3 is 2.48 bits per heavy atom. The summed E-state index contributed by atoms with van der Waals surface area (Å²) >= 11 is 0. The van der Waals surface area contributed by atoms with E-state index in [-0.39, 0.29) is 35.9 Å². The summed E-state index contributed by atoms with van der Waals surface area (Å²) in [4.78, 5) is 11.7. The van der Waals surface area contributed by atoms with E-state index in [0.29, 0.717) is 12.5 Å². The number of carbonyl (C=O) groups excluding carboxylic acids is 1. The van der Waals surface area contributed by atoms with Gasteiger partial charge < -0.3 is 11.1 Å². The number of primary amides is 1. The summed E-state index contributed by atoms with van der Waals surface area (Å²) < 4.78 is 66.6. The molecule has 1 saturated carbocycles. The van der Waals surface area contributed by atoms with Crippen molar-refractivity contribution >= 4 is 15.9 Å². The van der Waals surface area contributed by atoms with Crippen LogP contribution in [0.5, 0.6) is 0 Å². The number of halogens is 3. The summed E-state index contributed by atoms with van der Waals surface area (Å²) in [5.41, 5.74) is 5.59. The number of hydrogen-bond acceptors (Lipinski definition) is 4. The molecule has 0 aromatic heterocycles. The summed E-state index contributed by atoms with van der Waals surface area (Å²) in [6.45, 7) is 0.444. The van der Waals surface area contributed by atoms with Crippen LogP contribution in [0.1, 0.15) is 24.0 Å². The van der Waals surface area contributed by atoms with E-state index in [1.807, 2.05) is 30.3 Å². The maximum atomic E-state index is 13.1. The lowest BCUT2D eigenvalue weighted by molar-refractivity contribution is -0.137. The molecule has 4 atom stereocenters. The zero-order chi connectivity index (χ0) is 23.8. The summed E-state index contributed by atoms with van der Waals surface area (Å²) in [7, 11) is -4.07. The van der Waals surface area contributed by atoms with Crippen LogP contribution in [-0.2, 0) is 27.4 Å². The van der Waals surface area contributed by atoms with E-state index in [4.69, 9.17) is 5.73 Å². The second kappa shape index (κ2) is 9.08. The third-order valence-corrected chi connectivity index (χ3v) is 8.49. The lowest BCUT2D eigenvalue weighted by Gasteiger charge is -2.26. The standard InChI is InChI=1S/C23H26F3N3O3S/c24-23(25,26)17-7-4-8-18(12-17)33(31,32)29-13-16-9-10-20(19(16)14-29)28-21(22(27)30)11-15-5-2-1-3-6-15/h1-8,12,16,19-21,28H,9-11,13-14H2,(H2,27,30)/t16-,19+,20+,21+/m1/s1. The number of carbonyl (C=O) groups is 1. The zero-order valence-corrected chi connectivity index (χ0v) is 18.6. The van der Waals surface area contributed by atoms with Gasteiger partial charge in [-0.3, -0.25) is 4.79 Å². The van der Waals surface area contributed by atoms with Crippen molar-refractivity contribution in [1.82, 2.24) is 9.62 Å². The molecule has 1 aliphatic heterocycles. The molecule has 0 unspecified atom stereocenters. The number of nitrogens with zero attached hydrogens (tertiary/aromatic N) is 1. The van der Waals surface area contributed by atoms with Gasteiger partial charge in [0.2, 0.25) is 15.9 Å². The number of benzene rings is 2. The van der Waals surface area contributed by atoms with Crippen LogP contribution in [0.2, 0.25) is 0 Å². The van der Waals surface area contributed by atoms with Crippen molar-refractivity contribution in [2.45, 2.75) is 42.4 Å². The van der Waals surface area contributed by atoms with Crippen molar-refractivity contribution in [3.63, 3.8) is 0 Å². The predicted octanol–water partition coefficient (Wildman–Crippen LogP) is 2.79. The second-order valence-corrected chi connectivity index (χ2v) is 10.7. The summed E-state index contributed by atoms with van der Waals surface area (Å²) in [6.07, 6.45) is -2.64. The highest BCUT2D eigenvalue weighted by Crippen LogP contribution is 2.41. The fourth-order valence-corrected chi connectivity index (χ4v) is 6.54. The highest BCUT2D eigenvalue weighted by atomic mass is 32.2. The van der Waals surface area contributed by atoms with Crippen molar-refractivity contribution in [3.05, 3.63) is 65.7 Å². The van der Waals surface area contributed by atoms with Crippen molar-refractivity contribution in [1.29, 1.82) is 0 Å². The third kappa shape index (κ3) is 5.07. The molecule has 3 N–H and O–H groups in total. The molecular weight excluding hydrogens is 455 g/mol. The minimum atomic E-state index is -4.62. The highest BCUT2D eigenvalue weighted by Gasteiger charge is 2.47. The quantitative estimate of drug-likeness (QED) is 0.636. The Morgan fingerprint density at radius 2 is 1.82 bits per heavy atom. The Kier molecular flexibility index (Phi) is 6.52. The van der Waals surface area contributed by atoms with Crippen LogP contribution in [0.3, 0.4) is 0 Å². The molecule has 1 aliphatic carbocycles. The van der Waals surface area contributed by atoms with Gasteiger partial charge >= 0.3 is 6.18 Å². The zero-order valence-electron chi connectivity index (χ0n) is 17.8. The first-order chi connectivity index (χ1) is 15.6. The van der Waals surface area contributed by atoms with E-state index >= 15 is 0 Å². The van der Waals surface area contributed by atoms with E-state index in [9.17, 15) is 26.4 Å². The number of nitrogens with one attached hydrogen (secondary N) is 1. The molecule has 33 heavy (non-hydrogen) atoms. The van der Waals surface area contributed by atoms with Crippen LogP contribution >= 0.6 is 0 Å². The van der Waals surface area contributed by atoms with E-state index < -0.39 is 33.7 Å². The van der Waals surface area contributed by atoms with Crippen LogP contribution in [0.4, 0.5) is 13.2 Å². The lowest BCUT2D eigenvalue weighted by Crippen LogP contribution is -2.49. The van der Waals surface area contributed by atoms with Crippen LogP contribution in [0, 0.1) is 11.8 Å². The normalized spacial score (nSPS) is 24.5. The number of sulfonamides is 1. The molecule has 4 rings (SSSR count). The average Bonchev–Trinajstić information content (AvgIpc) is 3.36. The highest BCUT2D eigenvalue weighted by molar-refractivity contribution is 7.89. The van der Waals surface area contributed by atoms with Crippen LogP contribution < -0.4 is 11.1 Å². The van der Waals surface area contributed by atoms with Crippen molar-refractivity contribution in [2.75, 3.05) is 13.1 Å². The second-order valence-electron chi connectivity index (χ2n) is 8.77. The van der Waals surface area contributed by atoms with Gasteiger partial charge in [-0.05, 0) is 54.9 Å². The van der Waals surface area contributed by atoms with E-state index in [1.54, 1.807) is 0 Å². The number of fused-ring (bicyclic) bond motifs is 1. The van der Waals surface area contributed by atoms with Gasteiger partial charge in [-0.15, -0.1) is 0 Å². The first kappa shape index (κ1) is 23.7. The van der Waals surface area contributed by atoms with Gasteiger partial charge in [0.1, 0.15) is 0 Å². The number of nitrogens with two attached hydrogens (primary N) is 1. The van der Waals surface area contributed by atoms with Gasteiger partial charge in [0.15, 0.2) is 0 Å². The number of hydrogen-bond donors (Lipinski definition) is 2. The van der Waals surface area contributed by atoms with Gasteiger partial charge in [0.05, 0.1) is 16.5 Å².